The third kappa shape index (κ3) is 6.16. The predicted octanol–water partition coefficient (Wildman–Crippen LogP) is 4.40. The number of carbonyl (C=O) groups excluding carboxylic acids is 1. The molecule has 0 bridgehead atoms. The van der Waals surface area contributed by atoms with Crippen LogP contribution in [0.4, 0.5) is 5.69 Å². The van der Waals surface area contributed by atoms with Gasteiger partial charge in [-0.25, -0.2) is 13.8 Å². The lowest BCUT2D eigenvalue weighted by Crippen LogP contribution is -2.29. The Morgan fingerprint density at radius 2 is 1.57 bits per heavy atom. The molecule has 1 fully saturated rings. The average Bonchev–Trinajstić information content (AvgIpc) is 3.00. The highest BCUT2D eigenvalue weighted by Crippen LogP contribution is 2.22. The third-order valence-corrected chi connectivity index (χ3v) is 6.40. The highest BCUT2D eigenvalue weighted by atomic mass is 32.2. The molecule has 7 heteroatoms. The highest BCUT2D eigenvalue weighted by molar-refractivity contribution is 7.92. The number of nitrogens with one attached hydrogen (secondary N) is 1. The number of carbonyl (C=O) groups is 1. The van der Waals surface area contributed by atoms with Crippen molar-refractivity contribution >= 4 is 27.3 Å². The van der Waals surface area contributed by atoms with Gasteiger partial charge in [0.25, 0.3) is 5.91 Å². The smallest absolute Gasteiger partial charge is 0.267 e. The summed E-state index contributed by atoms with van der Waals surface area (Å²) in [5, 5.41) is 4.29. The van der Waals surface area contributed by atoms with E-state index in [1.54, 1.807) is 24.3 Å². The Balaban J connectivity index is 1.72. The SMILES string of the molecule is Cc1ccc(CN(c2ccc(C(=O)NN=C3CCCCCC3)cc2)S(C)(=O)=O)cc1. The van der Waals surface area contributed by atoms with Crippen LogP contribution in [-0.2, 0) is 16.6 Å². The first-order chi connectivity index (χ1) is 14.3. The molecule has 0 radical (unpaired) electrons. The number of amides is 1. The Labute approximate surface area is 179 Å². The van der Waals surface area contributed by atoms with E-state index in [4.69, 9.17) is 0 Å². The molecule has 0 unspecified atom stereocenters. The summed E-state index contributed by atoms with van der Waals surface area (Å²) in [7, 11) is -3.48. The van der Waals surface area contributed by atoms with Crippen LogP contribution in [0.2, 0.25) is 0 Å². The quantitative estimate of drug-likeness (QED) is 0.548. The molecule has 2 aromatic carbocycles. The average molecular weight is 428 g/mol. The molecule has 1 amide bonds. The summed E-state index contributed by atoms with van der Waals surface area (Å²) in [6, 6.07) is 14.3. The van der Waals surface area contributed by atoms with Gasteiger partial charge < -0.3 is 0 Å². The fourth-order valence-electron chi connectivity index (χ4n) is 3.48. The normalized spacial score (nSPS) is 14.7. The highest BCUT2D eigenvalue weighted by Gasteiger charge is 2.18. The van der Waals surface area contributed by atoms with Crippen LogP contribution in [0, 0.1) is 6.92 Å². The lowest BCUT2D eigenvalue weighted by Gasteiger charge is -2.23. The summed E-state index contributed by atoms with van der Waals surface area (Å²) in [6.45, 7) is 2.22. The minimum atomic E-state index is -3.48. The van der Waals surface area contributed by atoms with Crippen LogP contribution >= 0.6 is 0 Å². The van der Waals surface area contributed by atoms with Crippen LogP contribution < -0.4 is 9.73 Å². The Hall–Kier alpha value is -2.67. The fraction of sp³-hybridized carbons (Fsp3) is 0.391. The van der Waals surface area contributed by atoms with Gasteiger partial charge in [-0.05, 0) is 62.4 Å². The van der Waals surface area contributed by atoms with Crippen LogP contribution in [-0.4, -0.2) is 26.3 Å². The Morgan fingerprint density at radius 3 is 2.13 bits per heavy atom. The number of sulfonamides is 1. The van der Waals surface area contributed by atoms with E-state index in [-0.39, 0.29) is 12.5 Å². The summed E-state index contributed by atoms with van der Waals surface area (Å²) in [5.74, 6) is -0.289. The van der Waals surface area contributed by atoms with Crippen LogP contribution in [0.5, 0.6) is 0 Å². The zero-order valence-electron chi connectivity index (χ0n) is 17.6. The van der Waals surface area contributed by atoms with E-state index in [2.05, 4.69) is 10.5 Å². The standard InChI is InChI=1S/C23H29N3O3S/c1-18-9-11-19(12-10-18)17-26(30(2,28)29)22-15-13-20(14-16-22)23(27)25-24-21-7-5-3-4-6-8-21/h9-16H,3-8,17H2,1-2H3,(H,25,27). The van der Waals surface area contributed by atoms with Gasteiger partial charge in [-0.3, -0.25) is 9.10 Å². The molecular formula is C23H29N3O3S. The molecule has 6 nitrogen and oxygen atoms in total. The summed E-state index contributed by atoms with van der Waals surface area (Å²) in [6.07, 6.45) is 7.72. The van der Waals surface area contributed by atoms with Crippen LogP contribution in [0.25, 0.3) is 0 Å². The molecule has 1 aliphatic rings. The van der Waals surface area contributed by atoms with E-state index in [0.29, 0.717) is 11.3 Å². The van der Waals surface area contributed by atoms with E-state index in [0.717, 1.165) is 42.5 Å². The van der Waals surface area contributed by atoms with E-state index in [1.807, 2.05) is 31.2 Å². The molecule has 1 saturated carbocycles. The number of anilines is 1. The maximum atomic E-state index is 12.4. The molecule has 0 spiro atoms. The van der Waals surface area contributed by atoms with Gasteiger partial charge in [0.15, 0.2) is 0 Å². The fourth-order valence-corrected chi connectivity index (χ4v) is 4.37. The molecule has 3 rings (SSSR count). The largest absolute Gasteiger partial charge is 0.271 e. The van der Waals surface area contributed by atoms with E-state index < -0.39 is 10.0 Å². The topological polar surface area (TPSA) is 78.8 Å². The van der Waals surface area contributed by atoms with Crippen LogP contribution in [0.15, 0.2) is 53.6 Å². The summed E-state index contributed by atoms with van der Waals surface area (Å²) in [5.41, 5.74) is 6.65. The zero-order chi connectivity index (χ0) is 21.6. The second-order valence-corrected chi connectivity index (χ2v) is 9.74. The molecule has 0 saturated heterocycles. The maximum Gasteiger partial charge on any atom is 0.271 e. The van der Waals surface area contributed by atoms with Gasteiger partial charge in [0.2, 0.25) is 10.0 Å². The second-order valence-electron chi connectivity index (χ2n) is 7.84. The molecular weight excluding hydrogens is 398 g/mol. The molecule has 160 valence electrons. The van der Waals surface area contributed by atoms with Gasteiger partial charge in [-0.2, -0.15) is 5.10 Å². The van der Waals surface area contributed by atoms with Gasteiger partial charge in [0, 0.05) is 11.3 Å². The number of hydrazone groups is 1. The maximum absolute atomic E-state index is 12.4. The molecule has 30 heavy (non-hydrogen) atoms. The van der Waals surface area contributed by atoms with E-state index in [1.165, 1.54) is 23.4 Å². The first-order valence-electron chi connectivity index (χ1n) is 10.3. The van der Waals surface area contributed by atoms with Crippen molar-refractivity contribution in [3.63, 3.8) is 0 Å². The van der Waals surface area contributed by atoms with Crippen molar-refractivity contribution in [2.45, 2.75) is 52.0 Å². The number of nitrogens with zero attached hydrogens (tertiary/aromatic N) is 2. The molecule has 0 atom stereocenters. The Bertz CT molecular complexity index is 987. The molecule has 2 aromatic rings. The van der Waals surface area contributed by atoms with Gasteiger partial charge >= 0.3 is 0 Å². The first-order valence-corrected chi connectivity index (χ1v) is 12.2. The van der Waals surface area contributed by atoms with Gasteiger partial charge in [0.1, 0.15) is 0 Å². The second kappa shape index (κ2) is 9.89. The van der Waals surface area contributed by atoms with Gasteiger partial charge in [-0.15, -0.1) is 0 Å². The lowest BCUT2D eigenvalue weighted by molar-refractivity contribution is 0.0954. The van der Waals surface area contributed by atoms with Crippen molar-refractivity contribution < 1.29 is 13.2 Å². The predicted molar refractivity (Wildman–Crippen MR) is 121 cm³/mol. The Morgan fingerprint density at radius 1 is 0.967 bits per heavy atom. The number of aryl methyl sites for hydroxylation is 1. The zero-order valence-corrected chi connectivity index (χ0v) is 18.4. The van der Waals surface area contributed by atoms with Crippen molar-refractivity contribution in [1.82, 2.24) is 5.43 Å². The number of hydrogen-bond acceptors (Lipinski definition) is 4. The van der Waals surface area contributed by atoms with Gasteiger partial charge in [0.05, 0.1) is 18.5 Å². The number of benzene rings is 2. The van der Waals surface area contributed by atoms with Crippen molar-refractivity contribution in [1.29, 1.82) is 0 Å². The van der Waals surface area contributed by atoms with Crippen molar-refractivity contribution in [2.24, 2.45) is 5.10 Å². The lowest BCUT2D eigenvalue weighted by atomic mass is 10.1. The van der Waals surface area contributed by atoms with Crippen LogP contribution in [0.1, 0.15) is 60.0 Å². The number of hydrogen-bond donors (Lipinski definition) is 1. The minimum absolute atomic E-state index is 0.234. The minimum Gasteiger partial charge on any atom is -0.267 e. The molecule has 0 aromatic heterocycles. The summed E-state index contributed by atoms with van der Waals surface area (Å²) in [4.78, 5) is 12.4. The number of rotatable bonds is 6. The van der Waals surface area contributed by atoms with Crippen molar-refractivity contribution in [2.75, 3.05) is 10.6 Å². The van der Waals surface area contributed by atoms with Crippen molar-refractivity contribution in [3.05, 3.63) is 65.2 Å². The first kappa shape index (κ1) is 22.0. The van der Waals surface area contributed by atoms with Gasteiger partial charge in [-0.1, -0.05) is 42.7 Å². The van der Waals surface area contributed by atoms with E-state index in [9.17, 15) is 13.2 Å². The van der Waals surface area contributed by atoms with E-state index >= 15 is 0 Å². The molecule has 0 aliphatic heterocycles. The molecule has 1 N–H and O–H groups in total. The Kier molecular flexibility index (Phi) is 7.26. The van der Waals surface area contributed by atoms with Crippen LogP contribution in [0.3, 0.4) is 0 Å². The summed E-state index contributed by atoms with van der Waals surface area (Å²) >= 11 is 0. The molecule has 1 aliphatic carbocycles. The monoisotopic (exact) mass is 427 g/mol. The third-order valence-electron chi connectivity index (χ3n) is 5.26. The molecule has 0 heterocycles. The summed E-state index contributed by atoms with van der Waals surface area (Å²) < 4.78 is 26.1. The van der Waals surface area contributed by atoms with Crippen molar-refractivity contribution in [3.8, 4) is 0 Å².